The molecule has 0 aliphatic heterocycles. The van der Waals surface area contributed by atoms with Crippen LogP contribution in [0.5, 0.6) is 0 Å². The molecule has 1 N–H and O–H groups in total. The number of alkyl halides is 3. The molecule has 0 spiro atoms. The highest BCUT2D eigenvalue weighted by Crippen LogP contribution is 2.30. The highest BCUT2D eigenvalue weighted by atomic mass is 32.1. The van der Waals surface area contributed by atoms with Gasteiger partial charge in [0.15, 0.2) is 11.3 Å². The van der Waals surface area contributed by atoms with Crippen molar-refractivity contribution in [1.29, 1.82) is 0 Å². The van der Waals surface area contributed by atoms with Crippen molar-refractivity contribution in [2.75, 3.05) is 12.4 Å². The van der Waals surface area contributed by atoms with E-state index in [1.807, 2.05) is 0 Å². The lowest BCUT2D eigenvalue weighted by Crippen LogP contribution is -2.16. The summed E-state index contributed by atoms with van der Waals surface area (Å²) in [6.45, 7) is 1.41. The molecule has 3 heterocycles. The SMILES string of the molecule is COC(=O)c1sccc1NC(=O)c1cc2nc(C)cc(C(F)(F)F)n2n1. The summed E-state index contributed by atoms with van der Waals surface area (Å²) in [4.78, 5) is 28.1. The number of amides is 1. The predicted molar refractivity (Wildman–Crippen MR) is 86.3 cm³/mol. The number of nitrogens with one attached hydrogen (secondary N) is 1. The zero-order valence-corrected chi connectivity index (χ0v) is 14.2. The fourth-order valence-corrected chi connectivity index (χ4v) is 3.02. The van der Waals surface area contributed by atoms with Crippen molar-refractivity contribution >= 4 is 34.5 Å². The Morgan fingerprint density at radius 1 is 1.31 bits per heavy atom. The number of methoxy groups -OCH3 is 1. The summed E-state index contributed by atoms with van der Waals surface area (Å²) in [5, 5.41) is 7.71. The first-order valence-corrected chi connectivity index (χ1v) is 8.00. The third kappa shape index (κ3) is 3.25. The van der Waals surface area contributed by atoms with Gasteiger partial charge >= 0.3 is 12.1 Å². The molecule has 7 nitrogen and oxygen atoms in total. The van der Waals surface area contributed by atoms with Crippen LogP contribution >= 0.6 is 11.3 Å². The normalized spacial score (nSPS) is 11.6. The number of hydrogen-bond donors (Lipinski definition) is 1. The molecule has 0 fully saturated rings. The lowest BCUT2D eigenvalue weighted by Gasteiger charge is -2.09. The molecule has 0 unspecified atom stereocenters. The van der Waals surface area contributed by atoms with E-state index in [9.17, 15) is 22.8 Å². The maximum absolute atomic E-state index is 13.2. The van der Waals surface area contributed by atoms with Crippen LogP contribution in [0.15, 0.2) is 23.6 Å². The van der Waals surface area contributed by atoms with Crippen LogP contribution in [0.4, 0.5) is 18.9 Å². The first kappa shape index (κ1) is 17.9. The number of ether oxygens (including phenoxy) is 1. The number of anilines is 1. The summed E-state index contributed by atoms with van der Waals surface area (Å²) in [5.41, 5.74) is -1.09. The Kier molecular flexibility index (Phi) is 4.40. The van der Waals surface area contributed by atoms with Gasteiger partial charge in [0.25, 0.3) is 5.91 Å². The number of esters is 1. The smallest absolute Gasteiger partial charge is 0.433 e. The number of fused-ring (bicyclic) bond motifs is 1. The van der Waals surface area contributed by atoms with Crippen LogP contribution in [0.2, 0.25) is 0 Å². The number of hydrogen-bond acceptors (Lipinski definition) is 6. The number of aryl methyl sites for hydroxylation is 1. The topological polar surface area (TPSA) is 85.6 Å². The summed E-state index contributed by atoms with van der Waals surface area (Å²) in [5.74, 6) is -1.41. The lowest BCUT2D eigenvalue weighted by atomic mass is 10.3. The van der Waals surface area contributed by atoms with Crippen LogP contribution in [0.3, 0.4) is 0 Å². The Hall–Kier alpha value is -2.95. The zero-order valence-electron chi connectivity index (χ0n) is 13.4. The molecule has 1 amide bonds. The van der Waals surface area contributed by atoms with E-state index in [1.165, 1.54) is 20.1 Å². The van der Waals surface area contributed by atoms with Gasteiger partial charge in [0, 0.05) is 11.8 Å². The van der Waals surface area contributed by atoms with E-state index in [-0.39, 0.29) is 27.6 Å². The van der Waals surface area contributed by atoms with E-state index in [2.05, 4.69) is 20.1 Å². The Morgan fingerprint density at radius 3 is 2.69 bits per heavy atom. The van der Waals surface area contributed by atoms with E-state index in [0.717, 1.165) is 23.5 Å². The molecule has 0 radical (unpaired) electrons. The lowest BCUT2D eigenvalue weighted by molar-refractivity contribution is -0.142. The summed E-state index contributed by atoms with van der Waals surface area (Å²) in [7, 11) is 1.20. The second-order valence-corrected chi connectivity index (χ2v) is 6.11. The number of nitrogens with zero attached hydrogens (tertiary/aromatic N) is 3. The van der Waals surface area contributed by atoms with Crippen molar-refractivity contribution in [3.8, 4) is 0 Å². The number of rotatable bonds is 3. The molecular formula is C15H11F3N4O3S. The van der Waals surface area contributed by atoms with Gasteiger partial charge in [-0.25, -0.2) is 14.3 Å². The quantitative estimate of drug-likeness (QED) is 0.701. The molecule has 0 aromatic carbocycles. The number of halogens is 3. The standard InChI is InChI=1S/C15H11F3N4O3S/c1-7-5-10(15(16,17)18)22-11(19-7)6-9(21-22)13(23)20-8-3-4-26-12(8)14(24)25-2/h3-6H,1-2H3,(H,20,23). The van der Waals surface area contributed by atoms with Crippen LogP contribution in [-0.4, -0.2) is 33.6 Å². The van der Waals surface area contributed by atoms with Gasteiger partial charge < -0.3 is 10.1 Å². The van der Waals surface area contributed by atoms with Crippen LogP contribution in [0, 0.1) is 6.92 Å². The molecule has 3 aromatic heterocycles. The molecule has 0 saturated carbocycles. The molecule has 3 rings (SSSR count). The van der Waals surface area contributed by atoms with Crippen LogP contribution in [0.1, 0.15) is 31.5 Å². The minimum absolute atomic E-state index is 0.110. The first-order valence-electron chi connectivity index (χ1n) is 7.12. The minimum atomic E-state index is -4.66. The van der Waals surface area contributed by atoms with Gasteiger partial charge in [0.2, 0.25) is 0 Å². The van der Waals surface area contributed by atoms with E-state index < -0.39 is 23.7 Å². The molecular weight excluding hydrogens is 373 g/mol. The van der Waals surface area contributed by atoms with Crippen molar-refractivity contribution in [1.82, 2.24) is 14.6 Å². The van der Waals surface area contributed by atoms with Gasteiger partial charge in [0.05, 0.1) is 12.8 Å². The predicted octanol–water partition coefficient (Wildman–Crippen LogP) is 3.16. The van der Waals surface area contributed by atoms with Gasteiger partial charge in [-0.05, 0) is 24.4 Å². The molecule has 11 heteroatoms. The molecule has 0 aliphatic rings. The maximum atomic E-state index is 13.2. The summed E-state index contributed by atoms with van der Waals surface area (Å²) < 4.78 is 44.6. The second-order valence-electron chi connectivity index (χ2n) is 5.19. The summed E-state index contributed by atoms with van der Waals surface area (Å²) >= 11 is 1.06. The average Bonchev–Trinajstić information content (AvgIpc) is 3.18. The highest BCUT2D eigenvalue weighted by Gasteiger charge is 2.35. The van der Waals surface area contributed by atoms with Crippen molar-refractivity contribution in [2.24, 2.45) is 0 Å². The molecule has 26 heavy (non-hydrogen) atoms. The van der Waals surface area contributed by atoms with Crippen LogP contribution < -0.4 is 5.32 Å². The molecule has 0 atom stereocenters. The maximum Gasteiger partial charge on any atom is 0.433 e. The Labute approximate surface area is 148 Å². The van der Waals surface area contributed by atoms with Gasteiger partial charge in [-0.2, -0.15) is 18.3 Å². The van der Waals surface area contributed by atoms with Gasteiger partial charge in [0.1, 0.15) is 10.6 Å². The summed E-state index contributed by atoms with van der Waals surface area (Å²) in [6, 6.07) is 3.46. The van der Waals surface area contributed by atoms with Crippen LogP contribution in [-0.2, 0) is 10.9 Å². The number of thiophene rings is 1. The second kappa shape index (κ2) is 6.41. The molecule has 0 saturated heterocycles. The third-order valence-electron chi connectivity index (χ3n) is 3.36. The molecule has 136 valence electrons. The molecule has 3 aromatic rings. The van der Waals surface area contributed by atoms with Crippen molar-refractivity contribution in [3.05, 3.63) is 45.5 Å². The Bertz CT molecular complexity index is 1010. The Balaban J connectivity index is 1.98. The van der Waals surface area contributed by atoms with Crippen LogP contribution in [0.25, 0.3) is 5.65 Å². The highest BCUT2D eigenvalue weighted by molar-refractivity contribution is 7.12. The third-order valence-corrected chi connectivity index (χ3v) is 4.26. The van der Waals surface area contributed by atoms with Gasteiger partial charge in [-0.3, -0.25) is 4.79 Å². The van der Waals surface area contributed by atoms with Crippen molar-refractivity contribution in [3.63, 3.8) is 0 Å². The largest absolute Gasteiger partial charge is 0.465 e. The minimum Gasteiger partial charge on any atom is -0.465 e. The van der Waals surface area contributed by atoms with Crippen molar-refractivity contribution < 1.29 is 27.5 Å². The van der Waals surface area contributed by atoms with Gasteiger partial charge in [-0.15, -0.1) is 11.3 Å². The average molecular weight is 384 g/mol. The Morgan fingerprint density at radius 2 is 2.04 bits per heavy atom. The molecule has 0 bridgehead atoms. The summed E-state index contributed by atoms with van der Waals surface area (Å²) in [6.07, 6.45) is -4.66. The number of carbonyl (C=O) groups is 2. The van der Waals surface area contributed by atoms with Crippen molar-refractivity contribution in [2.45, 2.75) is 13.1 Å². The zero-order chi connectivity index (χ0) is 19.1. The van der Waals surface area contributed by atoms with E-state index in [0.29, 0.717) is 4.52 Å². The fourth-order valence-electron chi connectivity index (χ4n) is 2.26. The fraction of sp³-hybridized carbons (Fsp3) is 0.200. The van der Waals surface area contributed by atoms with E-state index >= 15 is 0 Å². The molecule has 0 aliphatic carbocycles. The van der Waals surface area contributed by atoms with E-state index in [1.54, 1.807) is 5.38 Å². The number of aromatic nitrogens is 3. The first-order chi connectivity index (χ1) is 12.2. The monoisotopic (exact) mass is 384 g/mol. The van der Waals surface area contributed by atoms with Gasteiger partial charge in [-0.1, -0.05) is 0 Å². The number of carbonyl (C=O) groups excluding carboxylic acids is 2. The van der Waals surface area contributed by atoms with E-state index in [4.69, 9.17) is 0 Å².